The van der Waals surface area contributed by atoms with Crippen molar-refractivity contribution >= 4 is 10.0 Å². The Hall–Kier alpha value is -1.93. The van der Waals surface area contributed by atoms with Gasteiger partial charge in [0.25, 0.3) is 5.56 Å². The smallest absolute Gasteiger partial charge is 0.250 e. The van der Waals surface area contributed by atoms with E-state index < -0.39 is 10.0 Å². The maximum absolute atomic E-state index is 12.6. The van der Waals surface area contributed by atoms with Gasteiger partial charge in [-0.05, 0) is 12.0 Å². The van der Waals surface area contributed by atoms with Gasteiger partial charge in [-0.25, -0.2) is 8.42 Å². The van der Waals surface area contributed by atoms with Crippen molar-refractivity contribution < 1.29 is 12.9 Å². The maximum atomic E-state index is 12.6. The highest BCUT2D eigenvalue weighted by Gasteiger charge is 2.22. The Morgan fingerprint density at radius 3 is 2.50 bits per heavy atom. The van der Waals surface area contributed by atoms with Crippen LogP contribution in [0.5, 0.6) is 0 Å². The van der Waals surface area contributed by atoms with E-state index in [0.29, 0.717) is 13.1 Å². The third-order valence-corrected chi connectivity index (χ3v) is 5.90. The summed E-state index contributed by atoms with van der Waals surface area (Å²) in [7, 11) is -3.61. The van der Waals surface area contributed by atoms with E-state index in [1.165, 1.54) is 33.5 Å². The van der Waals surface area contributed by atoms with Gasteiger partial charge >= 0.3 is 0 Å². The fourth-order valence-electron chi connectivity index (χ4n) is 2.54. The zero-order valence-corrected chi connectivity index (χ0v) is 15.2. The van der Waals surface area contributed by atoms with Crippen LogP contribution in [0.4, 0.5) is 0 Å². The van der Waals surface area contributed by atoms with E-state index in [1.54, 1.807) is 13.8 Å². The molecule has 0 bridgehead atoms. The van der Waals surface area contributed by atoms with Gasteiger partial charge < -0.3 is 9.09 Å². The molecule has 0 amide bonds. The molecule has 0 fully saturated rings. The van der Waals surface area contributed by atoms with Crippen molar-refractivity contribution in [2.75, 3.05) is 13.1 Å². The van der Waals surface area contributed by atoms with Crippen molar-refractivity contribution in [2.24, 2.45) is 0 Å². The lowest BCUT2D eigenvalue weighted by molar-refractivity contribution is 0.408. The Morgan fingerprint density at radius 1 is 1.25 bits per heavy atom. The minimum atomic E-state index is -3.61. The van der Waals surface area contributed by atoms with Gasteiger partial charge in [0.1, 0.15) is 6.26 Å². The molecule has 2 aromatic heterocycles. The molecule has 0 atom stereocenters. The predicted octanol–water partition coefficient (Wildman–Crippen LogP) is 2.04. The first-order valence-electron chi connectivity index (χ1n) is 7.95. The van der Waals surface area contributed by atoms with E-state index in [2.05, 4.69) is 5.16 Å². The first-order valence-corrected chi connectivity index (χ1v) is 9.39. The summed E-state index contributed by atoms with van der Waals surface area (Å²) in [6, 6.07) is 2.63. The summed E-state index contributed by atoms with van der Waals surface area (Å²) in [6.45, 7) is 8.49. The average Bonchev–Trinajstić information content (AvgIpc) is 2.98. The molecule has 0 aromatic carbocycles. The molecule has 0 saturated carbocycles. The summed E-state index contributed by atoms with van der Waals surface area (Å²) in [6.07, 6.45) is 2.88. The molecular weight excluding hydrogens is 330 g/mol. The van der Waals surface area contributed by atoms with E-state index in [4.69, 9.17) is 4.52 Å². The lowest BCUT2D eigenvalue weighted by atomic mass is 10.1. The lowest BCUT2D eigenvalue weighted by Gasteiger charge is -2.19. The van der Waals surface area contributed by atoms with Crippen molar-refractivity contribution in [1.29, 1.82) is 0 Å². The van der Waals surface area contributed by atoms with Crippen LogP contribution >= 0.6 is 0 Å². The molecule has 8 heteroatoms. The number of rotatable bonds is 7. The summed E-state index contributed by atoms with van der Waals surface area (Å²) in [5, 5.41) is 3.95. The Labute approximate surface area is 141 Å². The van der Waals surface area contributed by atoms with Gasteiger partial charge in [0.2, 0.25) is 10.0 Å². The predicted molar refractivity (Wildman–Crippen MR) is 90.5 cm³/mol. The Morgan fingerprint density at radius 2 is 1.92 bits per heavy atom. The topological polar surface area (TPSA) is 85.4 Å². The molecule has 7 nitrogen and oxygen atoms in total. The van der Waals surface area contributed by atoms with Gasteiger partial charge in [0.05, 0.1) is 17.1 Å². The number of sulfonamides is 1. The highest BCUT2D eigenvalue weighted by molar-refractivity contribution is 7.89. The number of hydrogen-bond acceptors (Lipinski definition) is 5. The summed E-state index contributed by atoms with van der Waals surface area (Å²) < 4.78 is 33.0. The van der Waals surface area contributed by atoms with E-state index >= 15 is 0 Å². The summed E-state index contributed by atoms with van der Waals surface area (Å²) in [5.74, 6) is 0.150. The largest absolute Gasteiger partial charge is 0.364 e. The molecule has 2 heterocycles. The zero-order valence-electron chi connectivity index (χ0n) is 14.4. The third-order valence-electron chi connectivity index (χ3n) is 3.86. The molecule has 24 heavy (non-hydrogen) atoms. The van der Waals surface area contributed by atoms with E-state index in [9.17, 15) is 13.2 Å². The summed E-state index contributed by atoms with van der Waals surface area (Å²) in [5.41, 5.74) is 1.26. The third kappa shape index (κ3) is 3.59. The first-order chi connectivity index (χ1) is 11.3. The van der Waals surface area contributed by atoms with Gasteiger partial charge in [-0.3, -0.25) is 4.79 Å². The molecular formula is C16H23N3O4S. The van der Waals surface area contributed by atoms with Crippen molar-refractivity contribution in [1.82, 2.24) is 14.0 Å². The van der Waals surface area contributed by atoms with Crippen LogP contribution in [-0.4, -0.2) is 35.5 Å². The lowest BCUT2D eigenvalue weighted by Crippen LogP contribution is -2.32. The van der Waals surface area contributed by atoms with Crippen molar-refractivity contribution in [3.05, 3.63) is 46.2 Å². The van der Waals surface area contributed by atoms with Gasteiger partial charge in [-0.1, -0.05) is 32.9 Å². The molecule has 0 unspecified atom stereocenters. The van der Waals surface area contributed by atoms with Gasteiger partial charge in [-0.15, -0.1) is 0 Å². The number of pyridine rings is 1. The number of hydrogen-bond donors (Lipinski definition) is 0. The van der Waals surface area contributed by atoms with Crippen molar-refractivity contribution in [3.8, 4) is 0 Å². The van der Waals surface area contributed by atoms with Crippen LogP contribution in [0.2, 0.25) is 0 Å². The van der Waals surface area contributed by atoms with E-state index in [0.717, 1.165) is 11.3 Å². The van der Waals surface area contributed by atoms with Gasteiger partial charge in [-0.2, -0.15) is 4.31 Å². The second kappa shape index (κ2) is 7.31. The molecule has 0 aliphatic rings. The average molecular weight is 353 g/mol. The molecule has 0 aliphatic heterocycles. The monoisotopic (exact) mass is 353 g/mol. The molecule has 2 aromatic rings. The Kier molecular flexibility index (Phi) is 5.61. The molecule has 132 valence electrons. The highest BCUT2D eigenvalue weighted by Crippen LogP contribution is 2.19. The quantitative estimate of drug-likeness (QED) is 0.760. The molecule has 0 spiro atoms. The van der Waals surface area contributed by atoms with Gasteiger partial charge in [0.15, 0.2) is 0 Å². The fraction of sp³-hybridized carbons (Fsp3) is 0.500. The molecule has 2 rings (SSSR count). The van der Waals surface area contributed by atoms with E-state index in [1.807, 2.05) is 13.8 Å². The normalized spacial score (nSPS) is 12.2. The minimum Gasteiger partial charge on any atom is -0.364 e. The van der Waals surface area contributed by atoms with Crippen molar-refractivity contribution in [2.45, 2.75) is 45.1 Å². The molecule has 0 saturated heterocycles. The standard InChI is InChI=1S/C16H23N3O4S/c1-5-19(6-2)24(21,22)14-7-8-15(20)18(10-14)9-13-11-23-17-16(13)12(3)4/h7-8,10-12H,5-6,9H2,1-4H3. The first kappa shape index (κ1) is 18.4. The van der Waals surface area contributed by atoms with Crippen LogP contribution in [-0.2, 0) is 16.6 Å². The highest BCUT2D eigenvalue weighted by atomic mass is 32.2. The molecule has 0 N–H and O–H groups in total. The van der Waals surface area contributed by atoms with Crippen molar-refractivity contribution in [3.63, 3.8) is 0 Å². The second-order valence-corrected chi connectivity index (χ2v) is 7.74. The number of nitrogens with zero attached hydrogens (tertiary/aromatic N) is 3. The maximum Gasteiger partial charge on any atom is 0.250 e. The Bertz CT molecular complexity index is 848. The zero-order chi connectivity index (χ0) is 17.9. The van der Waals surface area contributed by atoms with Crippen LogP contribution in [0.25, 0.3) is 0 Å². The number of aromatic nitrogens is 2. The van der Waals surface area contributed by atoms with Crippen LogP contribution in [0.15, 0.2) is 38.8 Å². The second-order valence-electron chi connectivity index (χ2n) is 5.80. The summed E-state index contributed by atoms with van der Waals surface area (Å²) in [4.78, 5) is 12.2. The molecule has 0 radical (unpaired) electrons. The SMILES string of the molecule is CCN(CC)S(=O)(=O)c1ccc(=O)n(Cc2conc2C(C)C)c1. The molecule has 0 aliphatic carbocycles. The van der Waals surface area contributed by atoms with Crippen LogP contribution in [0, 0.1) is 0 Å². The van der Waals surface area contributed by atoms with E-state index in [-0.39, 0.29) is 22.9 Å². The van der Waals surface area contributed by atoms with Crippen LogP contribution in [0.1, 0.15) is 44.9 Å². The van der Waals surface area contributed by atoms with Gasteiger partial charge in [0, 0.05) is 30.9 Å². The van der Waals surface area contributed by atoms with Crippen LogP contribution < -0.4 is 5.56 Å². The Balaban J connectivity index is 2.43. The minimum absolute atomic E-state index is 0.105. The van der Waals surface area contributed by atoms with Crippen LogP contribution in [0.3, 0.4) is 0 Å². The summed E-state index contributed by atoms with van der Waals surface area (Å²) >= 11 is 0. The fourth-order valence-corrected chi connectivity index (χ4v) is 4.02.